The lowest BCUT2D eigenvalue weighted by molar-refractivity contribution is 0.734. The summed E-state index contributed by atoms with van der Waals surface area (Å²) in [6, 6.07) is 17.1. The van der Waals surface area contributed by atoms with Crippen molar-refractivity contribution < 1.29 is 0 Å². The molecule has 0 heterocycles. The topological polar surface area (TPSA) is 0 Å². The summed E-state index contributed by atoms with van der Waals surface area (Å²) in [4.78, 5) is 0. The van der Waals surface area contributed by atoms with Gasteiger partial charge in [-0.2, -0.15) is 0 Å². The van der Waals surface area contributed by atoms with Crippen LogP contribution in [0.2, 0.25) is 0 Å². The summed E-state index contributed by atoms with van der Waals surface area (Å²) in [7, 11) is 0. The standard InChI is InChI=1S/C15H20/c1-4-14(3)15-11-7-5-6-9-13(2)10-8-12-15/h5-12,14H,4H2,1-3H3. The van der Waals surface area contributed by atoms with Crippen molar-refractivity contribution in [2.24, 2.45) is 0 Å². The van der Waals surface area contributed by atoms with E-state index in [2.05, 4.69) is 69.3 Å². The predicted molar refractivity (Wildman–Crippen MR) is 67.5 cm³/mol. The Hall–Kier alpha value is -1.30. The van der Waals surface area contributed by atoms with Crippen LogP contribution in [0.15, 0.2) is 48.5 Å². The van der Waals surface area contributed by atoms with E-state index in [9.17, 15) is 0 Å². The molecule has 0 N–H and O–H groups in total. The molecule has 1 atom stereocenters. The number of hydrogen-bond donors (Lipinski definition) is 0. The normalized spacial score (nSPS) is 11.7. The summed E-state index contributed by atoms with van der Waals surface area (Å²) in [5.74, 6) is 0.628. The van der Waals surface area contributed by atoms with Gasteiger partial charge in [0.25, 0.3) is 0 Å². The van der Waals surface area contributed by atoms with E-state index in [1.54, 1.807) is 0 Å². The van der Waals surface area contributed by atoms with Crippen LogP contribution < -0.4 is 0 Å². The highest BCUT2D eigenvalue weighted by molar-refractivity contribution is 5.18. The molecule has 1 aromatic carbocycles. The van der Waals surface area contributed by atoms with Crippen molar-refractivity contribution in [2.75, 3.05) is 0 Å². The van der Waals surface area contributed by atoms with Crippen LogP contribution in [0.3, 0.4) is 0 Å². The van der Waals surface area contributed by atoms with Crippen molar-refractivity contribution in [3.63, 3.8) is 0 Å². The van der Waals surface area contributed by atoms with Crippen LogP contribution in [0.25, 0.3) is 0 Å². The van der Waals surface area contributed by atoms with E-state index in [0.717, 1.165) is 0 Å². The monoisotopic (exact) mass is 200 g/mol. The molecule has 0 nitrogen and oxygen atoms in total. The Morgan fingerprint density at radius 3 is 2.27 bits per heavy atom. The Morgan fingerprint density at radius 1 is 0.933 bits per heavy atom. The van der Waals surface area contributed by atoms with E-state index in [0.29, 0.717) is 5.92 Å². The molecule has 0 bridgehead atoms. The summed E-state index contributed by atoms with van der Waals surface area (Å²) in [5.41, 5.74) is 2.68. The molecule has 15 heavy (non-hydrogen) atoms. The van der Waals surface area contributed by atoms with E-state index in [-0.39, 0.29) is 0 Å². The Morgan fingerprint density at radius 2 is 1.53 bits per heavy atom. The first kappa shape index (κ1) is 11.8. The molecule has 0 heteroatoms. The second-order valence-corrected chi connectivity index (χ2v) is 3.99. The van der Waals surface area contributed by atoms with Gasteiger partial charge in [-0.25, -0.2) is 0 Å². The average Bonchev–Trinajstić information content (AvgIpc) is 2.25. The number of hydrogen-bond acceptors (Lipinski definition) is 0. The molecule has 0 spiro atoms. The van der Waals surface area contributed by atoms with Crippen LogP contribution in [0, 0.1) is 6.92 Å². The molecule has 0 saturated heterocycles. The molecule has 0 saturated carbocycles. The van der Waals surface area contributed by atoms with Crippen LogP contribution >= 0.6 is 0 Å². The van der Waals surface area contributed by atoms with Gasteiger partial charge in [-0.05, 0) is 24.8 Å². The third kappa shape index (κ3) is 4.16. The van der Waals surface area contributed by atoms with Crippen molar-refractivity contribution in [1.82, 2.24) is 0 Å². The van der Waals surface area contributed by atoms with Gasteiger partial charge in [0.2, 0.25) is 0 Å². The maximum Gasteiger partial charge on any atom is -0.0193 e. The SMILES string of the molecule is CCC(C)c1cccccc(C)ccc1. The van der Waals surface area contributed by atoms with Crippen LogP contribution in [0.5, 0.6) is 0 Å². The third-order valence-corrected chi connectivity index (χ3v) is 2.70. The van der Waals surface area contributed by atoms with Gasteiger partial charge in [0.05, 0.1) is 0 Å². The third-order valence-electron chi connectivity index (χ3n) is 2.70. The lowest BCUT2D eigenvalue weighted by atomic mass is 10.00. The molecule has 1 unspecified atom stereocenters. The van der Waals surface area contributed by atoms with Gasteiger partial charge >= 0.3 is 0 Å². The lowest BCUT2D eigenvalue weighted by Crippen LogP contribution is -1.88. The first-order valence-electron chi connectivity index (χ1n) is 5.64. The molecule has 0 aliphatic heterocycles. The molecule has 0 fully saturated rings. The van der Waals surface area contributed by atoms with E-state index in [4.69, 9.17) is 0 Å². The fourth-order valence-corrected chi connectivity index (χ4v) is 1.42. The zero-order valence-corrected chi connectivity index (χ0v) is 9.90. The molecular weight excluding hydrogens is 180 g/mol. The Labute approximate surface area is 93.3 Å². The van der Waals surface area contributed by atoms with Gasteiger partial charge in [0.15, 0.2) is 0 Å². The lowest BCUT2D eigenvalue weighted by Gasteiger charge is -2.05. The minimum Gasteiger partial charge on any atom is -0.0648 e. The molecule has 1 rings (SSSR count). The van der Waals surface area contributed by atoms with Crippen molar-refractivity contribution >= 4 is 0 Å². The van der Waals surface area contributed by atoms with Gasteiger partial charge in [0, 0.05) is 0 Å². The summed E-state index contributed by atoms with van der Waals surface area (Å²) < 4.78 is 0. The molecule has 0 aliphatic rings. The molecule has 0 aromatic heterocycles. The highest BCUT2D eigenvalue weighted by Gasteiger charge is 1.98. The smallest absolute Gasteiger partial charge is 0.0193 e. The Bertz CT molecular complexity index is 351. The second-order valence-electron chi connectivity index (χ2n) is 3.99. The van der Waals surface area contributed by atoms with Crippen molar-refractivity contribution in [2.45, 2.75) is 33.1 Å². The van der Waals surface area contributed by atoms with E-state index in [1.165, 1.54) is 17.5 Å². The van der Waals surface area contributed by atoms with Gasteiger partial charge in [-0.15, -0.1) is 0 Å². The minimum atomic E-state index is 0.628. The molecule has 0 amide bonds. The predicted octanol–water partition coefficient (Wildman–Crippen LogP) is 4.63. The van der Waals surface area contributed by atoms with Crippen LogP contribution in [-0.2, 0) is 0 Å². The second kappa shape index (κ2) is 6.23. The molecule has 0 aliphatic carbocycles. The summed E-state index contributed by atoms with van der Waals surface area (Å²) in [6.45, 7) is 6.61. The first-order chi connectivity index (χ1) is 7.24. The van der Waals surface area contributed by atoms with Gasteiger partial charge in [-0.3, -0.25) is 0 Å². The Kier molecular flexibility index (Phi) is 4.89. The zero-order chi connectivity index (χ0) is 11.1. The highest BCUT2D eigenvalue weighted by Crippen LogP contribution is 2.16. The molecule has 80 valence electrons. The maximum absolute atomic E-state index is 2.27. The number of rotatable bonds is 2. The largest absolute Gasteiger partial charge is 0.0648 e. The van der Waals surface area contributed by atoms with Crippen LogP contribution in [0.4, 0.5) is 0 Å². The summed E-state index contributed by atoms with van der Waals surface area (Å²) in [5, 5.41) is 0. The zero-order valence-electron chi connectivity index (χ0n) is 9.90. The van der Waals surface area contributed by atoms with Crippen LogP contribution in [-0.4, -0.2) is 0 Å². The quantitative estimate of drug-likeness (QED) is 0.652. The number of aryl methyl sites for hydroxylation is 1. The van der Waals surface area contributed by atoms with Crippen molar-refractivity contribution in [3.8, 4) is 0 Å². The molecule has 1 aromatic rings. The van der Waals surface area contributed by atoms with Crippen LogP contribution in [0.1, 0.15) is 37.3 Å². The molecular formula is C15H20. The fourth-order valence-electron chi connectivity index (χ4n) is 1.42. The summed E-state index contributed by atoms with van der Waals surface area (Å²) >= 11 is 0. The summed E-state index contributed by atoms with van der Waals surface area (Å²) in [6.07, 6.45) is 1.18. The van der Waals surface area contributed by atoms with Gasteiger partial charge in [-0.1, -0.05) is 67.9 Å². The van der Waals surface area contributed by atoms with Crippen molar-refractivity contribution in [1.29, 1.82) is 0 Å². The fraction of sp³-hybridized carbons (Fsp3) is 0.333. The molecule has 0 radical (unpaired) electrons. The van der Waals surface area contributed by atoms with Gasteiger partial charge < -0.3 is 0 Å². The van der Waals surface area contributed by atoms with Gasteiger partial charge in [0.1, 0.15) is 0 Å². The average molecular weight is 200 g/mol. The minimum absolute atomic E-state index is 0.628. The highest BCUT2D eigenvalue weighted by atomic mass is 14.0. The maximum atomic E-state index is 2.27. The van der Waals surface area contributed by atoms with Crippen molar-refractivity contribution in [3.05, 3.63) is 59.7 Å². The van der Waals surface area contributed by atoms with E-state index >= 15 is 0 Å². The first-order valence-corrected chi connectivity index (χ1v) is 5.64. The van der Waals surface area contributed by atoms with E-state index in [1.807, 2.05) is 0 Å². The Balaban J connectivity index is 3.15. The van der Waals surface area contributed by atoms with E-state index < -0.39 is 0 Å².